The molecular formula is C3H4Cl3NO2S. The SMILES string of the molecule is CNS(=O)(=O)C(Cl)=C(Cl)Cl. The molecule has 0 unspecified atom stereocenters. The highest BCUT2D eigenvalue weighted by Crippen LogP contribution is 2.21. The lowest BCUT2D eigenvalue weighted by Crippen LogP contribution is -2.18. The smallest absolute Gasteiger partial charge is 0.213 e. The zero-order valence-corrected chi connectivity index (χ0v) is 7.94. The molecule has 0 saturated heterocycles. The van der Waals surface area contributed by atoms with Gasteiger partial charge in [0.2, 0.25) is 0 Å². The van der Waals surface area contributed by atoms with E-state index in [1.54, 1.807) is 0 Å². The van der Waals surface area contributed by atoms with Gasteiger partial charge in [0, 0.05) is 0 Å². The van der Waals surface area contributed by atoms with Crippen molar-refractivity contribution >= 4 is 44.8 Å². The monoisotopic (exact) mass is 223 g/mol. The molecule has 60 valence electrons. The van der Waals surface area contributed by atoms with Crippen molar-refractivity contribution in [2.24, 2.45) is 0 Å². The van der Waals surface area contributed by atoms with Crippen LogP contribution in [0.5, 0.6) is 0 Å². The van der Waals surface area contributed by atoms with Gasteiger partial charge in [0.05, 0.1) is 0 Å². The number of halogens is 3. The van der Waals surface area contributed by atoms with Crippen molar-refractivity contribution in [2.75, 3.05) is 7.05 Å². The molecule has 0 bridgehead atoms. The number of rotatable bonds is 2. The zero-order valence-electron chi connectivity index (χ0n) is 4.86. The molecule has 0 fully saturated rings. The summed E-state index contributed by atoms with van der Waals surface area (Å²) in [6.45, 7) is 0. The summed E-state index contributed by atoms with van der Waals surface area (Å²) < 4.78 is 22.2. The molecule has 0 heterocycles. The molecule has 0 aromatic rings. The van der Waals surface area contributed by atoms with Gasteiger partial charge < -0.3 is 0 Å². The molecule has 0 atom stereocenters. The molecule has 0 saturated carbocycles. The fourth-order valence-electron chi connectivity index (χ4n) is 0.191. The molecule has 1 N–H and O–H groups in total. The molecule has 0 spiro atoms. The van der Waals surface area contributed by atoms with E-state index in [1.807, 2.05) is 4.72 Å². The van der Waals surface area contributed by atoms with Gasteiger partial charge in [-0.25, -0.2) is 13.1 Å². The van der Waals surface area contributed by atoms with E-state index >= 15 is 0 Å². The van der Waals surface area contributed by atoms with E-state index in [4.69, 9.17) is 34.8 Å². The largest absolute Gasteiger partial charge is 0.253 e. The second kappa shape index (κ2) is 3.78. The first-order valence-electron chi connectivity index (χ1n) is 2.06. The molecule has 7 heteroatoms. The van der Waals surface area contributed by atoms with Crippen LogP contribution >= 0.6 is 34.8 Å². The van der Waals surface area contributed by atoms with E-state index in [0.29, 0.717) is 0 Å². The Kier molecular flexibility index (Phi) is 3.98. The highest BCUT2D eigenvalue weighted by molar-refractivity contribution is 7.95. The van der Waals surface area contributed by atoms with Crippen LogP contribution in [0.15, 0.2) is 8.86 Å². The molecule has 0 radical (unpaired) electrons. The van der Waals surface area contributed by atoms with E-state index in [2.05, 4.69) is 0 Å². The Morgan fingerprint density at radius 3 is 1.80 bits per heavy atom. The van der Waals surface area contributed by atoms with Crippen LogP contribution in [0.25, 0.3) is 0 Å². The lowest BCUT2D eigenvalue weighted by atomic mass is 11.2. The Labute approximate surface area is 74.0 Å². The average Bonchev–Trinajstić information content (AvgIpc) is 1.86. The van der Waals surface area contributed by atoms with Gasteiger partial charge >= 0.3 is 0 Å². The van der Waals surface area contributed by atoms with Gasteiger partial charge in [0.1, 0.15) is 4.49 Å². The fraction of sp³-hybridized carbons (Fsp3) is 0.333. The van der Waals surface area contributed by atoms with Gasteiger partial charge in [-0.3, -0.25) is 0 Å². The summed E-state index contributed by atoms with van der Waals surface area (Å²) in [6, 6.07) is 0. The topological polar surface area (TPSA) is 46.2 Å². The van der Waals surface area contributed by atoms with Gasteiger partial charge in [0.25, 0.3) is 10.0 Å². The van der Waals surface area contributed by atoms with Crippen LogP contribution in [-0.2, 0) is 10.0 Å². The lowest BCUT2D eigenvalue weighted by Gasteiger charge is -1.97. The Balaban J connectivity index is 4.87. The molecular weight excluding hydrogens is 220 g/mol. The zero-order chi connectivity index (χ0) is 8.36. The minimum Gasteiger partial charge on any atom is -0.213 e. The van der Waals surface area contributed by atoms with E-state index in [0.717, 1.165) is 0 Å². The second-order valence-electron chi connectivity index (χ2n) is 1.24. The van der Waals surface area contributed by atoms with Gasteiger partial charge in [-0.15, -0.1) is 0 Å². The van der Waals surface area contributed by atoms with Crippen LogP contribution < -0.4 is 4.72 Å². The van der Waals surface area contributed by atoms with E-state index in [-0.39, 0.29) is 0 Å². The number of hydrogen-bond acceptors (Lipinski definition) is 2. The average molecular weight is 224 g/mol. The Morgan fingerprint density at radius 2 is 1.70 bits per heavy atom. The van der Waals surface area contributed by atoms with E-state index in [1.165, 1.54) is 7.05 Å². The molecule has 0 aliphatic rings. The number of nitrogens with one attached hydrogen (secondary N) is 1. The first kappa shape index (κ1) is 10.5. The number of sulfonamides is 1. The van der Waals surface area contributed by atoms with Crippen molar-refractivity contribution in [3.63, 3.8) is 0 Å². The van der Waals surface area contributed by atoms with Crippen molar-refractivity contribution in [3.05, 3.63) is 8.86 Å². The van der Waals surface area contributed by atoms with E-state index < -0.39 is 18.9 Å². The summed E-state index contributed by atoms with van der Waals surface area (Å²) in [5, 5.41) is 0. The molecule has 0 aliphatic carbocycles. The van der Waals surface area contributed by atoms with Crippen molar-refractivity contribution in [1.29, 1.82) is 0 Å². The van der Waals surface area contributed by atoms with Gasteiger partial charge in [0.15, 0.2) is 4.36 Å². The van der Waals surface area contributed by atoms with Crippen LogP contribution in [0.2, 0.25) is 0 Å². The van der Waals surface area contributed by atoms with Crippen LogP contribution in [0.4, 0.5) is 0 Å². The predicted molar refractivity (Wildman–Crippen MR) is 42.6 cm³/mol. The molecule has 10 heavy (non-hydrogen) atoms. The highest BCUT2D eigenvalue weighted by atomic mass is 35.5. The Morgan fingerprint density at radius 1 is 1.30 bits per heavy atom. The molecule has 0 aromatic heterocycles. The number of hydrogen-bond donors (Lipinski definition) is 1. The quantitative estimate of drug-likeness (QED) is 0.770. The highest BCUT2D eigenvalue weighted by Gasteiger charge is 2.15. The second-order valence-corrected chi connectivity index (χ2v) is 4.62. The molecule has 0 aromatic carbocycles. The minimum absolute atomic E-state index is 0.476. The third-order valence-electron chi connectivity index (χ3n) is 0.653. The predicted octanol–water partition coefficient (Wildman–Crippen LogP) is 1.38. The van der Waals surface area contributed by atoms with Gasteiger partial charge in [-0.2, -0.15) is 0 Å². The maximum atomic E-state index is 10.7. The van der Waals surface area contributed by atoms with Crippen molar-refractivity contribution in [1.82, 2.24) is 4.72 Å². The maximum absolute atomic E-state index is 10.7. The van der Waals surface area contributed by atoms with E-state index in [9.17, 15) is 8.42 Å². The summed E-state index contributed by atoms with van der Waals surface area (Å²) in [5.74, 6) is 0. The van der Waals surface area contributed by atoms with Crippen molar-refractivity contribution in [3.8, 4) is 0 Å². The molecule has 0 amide bonds. The summed E-state index contributed by atoms with van der Waals surface area (Å²) in [7, 11) is -2.46. The Bertz CT molecular complexity index is 240. The maximum Gasteiger partial charge on any atom is 0.253 e. The van der Waals surface area contributed by atoms with Gasteiger partial charge in [-0.05, 0) is 7.05 Å². The molecule has 0 rings (SSSR count). The van der Waals surface area contributed by atoms with Crippen molar-refractivity contribution < 1.29 is 8.42 Å². The summed E-state index contributed by atoms with van der Waals surface area (Å²) in [5.41, 5.74) is 0. The Hall–Kier alpha value is 0.520. The van der Waals surface area contributed by atoms with Crippen LogP contribution in [0.1, 0.15) is 0 Å². The summed E-state index contributed by atoms with van der Waals surface area (Å²) in [4.78, 5) is 0. The fourth-order valence-corrected chi connectivity index (χ4v) is 1.41. The van der Waals surface area contributed by atoms with Gasteiger partial charge in [-0.1, -0.05) is 34.8 Å². The van der Waals surface area contributed by atoms with Crippen LogP contribution in [0.3, 0.4) is 0 Å². The van der Waals surface area contributed by atoms with Crippen LogP contribution in [-0.4, -0.2) is 15.5 Å². The standard InChI is InChI=1S/C3H4Cl3NO2S/c1-7-10(8,9)3(6)2(4)5/h7H,1H3. The molecule has 0 aliphatic heterocycles. The minimum atomic E-state index is -3.67. The first-order chi connectivity index (χ1) is 4.41. The summed E-state index contributed by atoms with van der Waals surface area (Å²) in [6.07, 6.45) is 0. The normalized spacial score (nSPS) is 11.2. The third kappa shape index (κ3) is 2.64. The van der Waals surface area contributed by atoms with Crippen LogP contribution in [0, 0.1) is 0 Å². The lowest BCUT2D eigenvalue weighted by molar-refractivity contribution is 0.596. The first-order valence-corrected chi connectivity index (χ1v) is 4.68. The van der Waals surface area contributed by atoms with Crippen molar-refractivity contribution in [2.45, 2.75) is 0 Å². The summed E-state index contributed by atoms with van der Waals surface area (Å²) >= 11 is 15.3. The third-order valence-corrected chi connectivity index (χ3v) is 3.46. The molecule has 3 nitrogen and oxygen atoms in total.